The zero-order valence-electron chi connectivity index (χ0n) is 11.9. The van der Waals surface area contributed by atoms with Crippen molar-refractivity contribution in [3.05, 3.63) is 10.8 Å². The molecule has 2 aromatic heterocycles. The van der Waals surface area contributed by atoms with Crippen molar-refractivity contribution >= 4 is 16.3 Å². The highest BCUT2D eigenvalue weighted by Crippen LogP contribution is 2.37. The van der Waals surface area contributed by atoms with Gasteiger partial charge in [0.2, 0.25) is 4.96 Å². The molecule has 1 aliphatic rings. The van der Waals surface area contributed by atoms with Gasteiger partial charge in [0.1, 0.15) is 5.01 Å². The molecule has 1 fully saturated rings. The zero-order chi connectivity index (χ0) is 13.6. The highest BCUT2D eigenvalue weighted by molar-refractivity contribution is 7.16. The molecule has 3 rings (SSSR count). The molecular weight excluding hydrogens is 260 g/mol. The van der Waals surface area contributed by atoms with E-state index in [-0.39, 0.29) is 5.60 Å². The molecule has 2 aromatic rings. The van der Waals surface area contributed by atoms with Gasteiger partial charge in [-0.25, -0.2) is 0 Å². The van der Waals surface area contributed by atoms with Crippen LogP contribution in [0.3, 0.4) is 0 Å². The van der Waals surface area contributed by atoms with Crippen LogP contribution in [0.1, 0.15) is 63.2 Å². The molecule has 3 heterocycles. The van der Waals surface area contributed by atoms with Crippen molar-refractivity contribution in [1.82, 2.24) is 19.8 Å². The highest BCUT2D eigenvalue weighted by Gasteiger charge is 2.32. The molecule has 1 atom stereocenters. The Bertz CT molecular complexity index is 586. The quantitative estimate of drug-likeness (QED) is 0.848. The molecule has 0 saturated carbocycles. The first-order chi connectivity index (χ1) is 8.96. The molecule has 104 valence electrons. The number of hydrogen-bond acceptors (Lipinski definition) is 5. The van der Waals surface area contributed by atoms with Crippen molar-refractivity contribution in [3.8, 4) is 0 Å². The van der Waals surface area contributed by atoms with E-state index in [0.29, 0.717) is 11.8 Å². The van der Waals surface area contributed by atoms with Crippen LogP contribution >= 0.6 is 11.3 Å². The molecule has 0 aliphatic carbocycles. The number of hydrogen-bond donors (Lipinski definition) is 0. The maximum atomic E-state index is 5.78. The summed E-state index contributed by atoms with van der Waals surface area (Å²) in [6.45, 7) is 9.35. The molecule has 6 heteroatoms. The van der Waals surface area contributed by atoms with Gasteiger partial charge in [-0.05, 0) is 26.7 Å². The summed E-state index contributed by atoms with van der Waals surface area (Å²) in [4.78, 5) is 0.906. The average Bonchev–Trinajstić information content (AvgIpc) is 2.85. The molecule has 19 heavy (non-hydrogen) atoms. The van der Waals surface area contributed by atoms with Gasteiger partial charge in [0.15, 0.2) is 5.82 Å². The van der Waals surface area contributed by atoms with Crippen molar-refractivity contribution in [2.75, 3.05) is 6.61 Å². The Kier molecular flexibility index (Phi) is 3.09. The Labute approximate surface area is 117 Å². The minimum atomic E-state index is -0.0458. The van der Waals surface area contributed by atoms with Crippen molar-refractivity contribution in [3.63, 3.8) is 0 Å². The van der Waals surface area contributed by atoms with Gasteiger partial charge in [-0.3, -0.25) is 0 Å². The van der Waals surface area contributed by atoms with Crippen LogP contribution < -0.4 is 0 Å². The topological polar surface area (TPSA) is 52.3 Å². The van der Waals surface area contributed by atoms with E-state index in [4.69, 9.17) is 9.84 Å². The first kappa shape index (κ1) is 13.0. The monoisotopic (exact) mass is 280 g/mol. The Morgan fingerprint density at radius 1 is 1.37 bits per heavy atom. The molecule has 0 spiro atoms. The van der Waals surface area contributed by atoms with E-state index in [1.54, 1.807) is 11.3 Å². The lowest BCUT2D eigenvalue weighted by Crippen LogP contribution is -2.33. The summed E-state index contributed by atoms with van der Waals surface area (Å²) in [6, 6.07) is 0. The normalized spacial score (nSPS) is 23.3. The molecule has 0 radical (unpaired) electrons. The first-order valence-corrected chi connectivity index (χ1v) is 7.64. The van der Waals surface area contributed by atoms with Crippen molar-refractivity contribution in [2.24, 2.45) is 0 Å². The van der Waals surface area contributed by atoms with Gasteiger partial charge in [-0.1, -0.05) is 25.2 Å². The summed E-state index contributed by atoms with van der Waals surface area (Å²) in [5.74, 6) is 1.77. The van der Waals surface area contributed by atoms with Gasteiger partial charge >= 0.3 is 0 Å². The van der Waals surface area contributed by atoms with E-state index >= 15 is 0 Å². The third kappa shape index (κ3) is 2.39. The summed E-state index contributed by atoms with van der Waals surface area (Å²) in [5.41, 5.74) is -0.0458. The Morgan fingerprint density at radius 3 is 2.84 bits per heavy atom. The fourth-order valence-electron chi connectivity index (χ4n) is 2.61. The van der Waals surface area contributed by atoms with Crippen molar-refractivity contribution in [1.29, 1.82) is 0 Å². The zero-order valence-corrected chi connectivity index (χ0v) is 12.7. The Morgan fingerprint density at radius 2 is 2.16 bits per heavy atom. The largest absolute Gasteiger partial charge is 0.376 e. The minimum absolute atomic E-state index is 0.0458. The van der Waals surface area contributed by atoms with Crippen LogP contribution in [0.2, 0.25) is 0 Å². The third-order valence-electron chi connectivity index (χ3n) is 3.59. The van der Waals surface area contributed by atoms with Gasteiger partial charge in [0, 0.05) is 18.4 Å². The van der Waals surface area contributed by atoms with E-state index in [9.17, 15) is 0 Å². The lowest BCUT2D eigenvalue weighted by atomic mass is 9.89. The predicted molar refractivity (Wildman–Crippen MR) is 74.8 cm³/mol. The van der Waals surface area contributed by atoms with Gasteiger partial charge in [-0.15, -0.1) is 10.2 Å². The van der Waals surface area contributed by atoms with Crippen molar-refractivity contribution < 1.29 is 4.74 Å². The molecular formula is C13H20N4OS. The summed E-state index contributed by atoms with van der Waals surface area (Å²) in [7, 11) is 0. The predicted octanol–water partition coefficient (Wildman–Crippen LogP) is 2.98. The number of ether oxygens (including phenoxy) is 1. The second kappa shape index (κ2) is 4.52. The van der Waals surface area contributed by atoms with Crippen LogP contribution in [0.5, 0.6) is 0 Å². The number of fused-ring (bicyclic) bond motifs is 1. The van der Waals surface area contributed by atoms with E-state index in [2.05, 4.69) is 37.9 Å². The molecule has 1 aliphatic heterocycles. The van der Waals surface area contributed by atoms with E-state index in [0.717, 1.165) is 30.2 Å². The van der Waals surface area contributed by atoms with Crippen LogP contribution in [0.15, 0.2) is 0 Å². The maximum absolute atomic E-state index is 5.78. The molecule has 0 amide bonds. The van der Waals surface area contributed by atoms with Gasteiger partial charge in [-0.2, -0.15) is 9.61 Å². The number of nitrogens with zero attached hydrogens (tertiary/aromatic N) is 4. The molecule has 0 bridgehead atoms. The fraction of sp³-hybridized carbons (Fsp3) is 0.769. The van der Waals surface area contributed by atoms with Crippen LogP contribution in [-0.2, 0) is 4.74 Å². The summed E-state index contributed by atoms with van der Waals surface area (Å²) < 4.78 is 7.69. The van der Waals surface area contributed by atoms with Crippen LogP contribution in [0.25, 0.3) is 4.96 Å². The molecule has 5 nitrogen and oxygen atoms in total. The number of aromatic nitrogens is 4. The van der Waals surface area contributed by atoms with Crippen molar-refractivity contribution in [2.45, 2.75) is 58.0 Å². The summed E-state index contributed by atoms with van der Waals surface area (Å²) in [5, 5.41) is 14.3. The van der Waals surface area contributed by atoms with Crippen LogP contribution in [-0.4, -0.2) is 32.0 Å². The Hall–Kier alpha value is -1.01. The van der Waals surface area contributed by atoms with E-state index in [1.807, 2.05) is 4.52 Å². The lowest BCUT2D eigenvalue weighted by molar-refractivity contribution is -0.0594. The van der Waals surface area contributed by atoms with Gasteiger partial charge < -0.3 is 4.74 Å². The number of rotatable bonds is 2. The van der Waals surface area contributed by atoms with Gasteiger partial charge in [0.05, 0.1) is 5.60 Å². The smallest absolute Gasteiger partial charge is 0.234 e. The third-order valence-corrected chi connectivity index (χ3v) is 4.65. The van der Waals surface area contributed by atoms with E-state index in [1.165, 1.54) is 5.01 Å². The summed E-state index contributed by atoms with van der Waals surface area (Å²) in [6.07, 6.45) is 2.07. The maximum Gasteiger partial charge on any atom is 0.234 e. The van der Waals surface area contributed by atoms with Crippen LogP contribution in [0.4, 0.5) is 0 Å². The minimum Gasteiger partial charge on any atom is -0.376 e. The molecule has 0 N–H and O–H groups in total. The van der Waals surface area contributed by atoms with Crippen LogP contribution in [0, 0.1) is 0 Å². The highest BCUT2D eigenvalue weighted by atomic mass is 32.1. The van der Waals surface area contributed by atoms with E-state index < -0.39 is 0 Å². The SMILES string of the molecule is CC(C)c1nnc2sc(C3CCOC(C)(C)C3)nn12. The fourth-order valence-corrected chi connectivity index (χ4v) is 3.59. The molecule has 1 unspecified atom stereocenters. The summed E-state index contributed by atoms with van der Waals surface area (Å²) >= 11 is 1.67. The molecule has 0 aromatic carbocycles. The average molecular weight is 280 g/mol. The second-order valence-corrected chi connectivity index (χ2v) is 7.13. The first-order valence-electron chi connectivity index (χ1n) is 6.82. The lowest BCUT2D eigenvalue weighted by Gasteiger charge is -2.34. The standard InChI is InChI=1S/C13H20N4OS/c1-8(2)10-14-15-12-17(10)16-11(19-12)9-5-6-18-13(3,4)7-9/h8-9H,5-7H2,1-4H3. The van der Waals surface area contributed by atoms with Gasteiger partial charge in [0.25, 0.3) is 0 Å². The second-order valence-electron chi connectivity index (χ2n) is 6.15. The molecule has 1 saturated heterocycles. The Balaban J connectivity index is 1.93.